The molecular formula is C24H31N3O3. The zero-order valence-electron chi connectivity index (χ0n) is 17.8. The van der Waals surface area contributed by atoms with Crippen molar-refractivity contribution in [2.24, 2.45) is 0 Å². The second-order valence-electron chi connectivity index (χ2n) is 7.84. The molecule has 6 nitrogen and oxygen atoms in total. The molecule has 1 saturated carbocycles. The number of methoxy groups -OCH3 is 1. The molecule has 0 aromatic heterocycles. The van der Waals surface area contributed by atoms with Crippen LogP contribution in [0.3, 0.4) is 0 Å². The molecule has 1 aliphatic rings. The van der Waals surface area contributed by atoms with Crippen LogP contribution in [0.25, 0.3) is 0 Å². The van der Waals surface area contributed by atoms with Crippen LogP contribution < -0.4 is 15.0 Å². The molecule has 160 valence electrons. The van der Waals surface area contributed by atoms with Crippen molar-refractivity contribution in [2.45, 2.75) is 38.1 Å². The van der Waals surface area contributed by atoms with E-state index in [0.29, 0.717) is 5.69 Å². The van der Waals surface area contributed by atoms with Gasteiger partial charge in [-0.25, -0.2) is 0 Å². The summed E-state index contributed by atoms with van der Waals surface area (Å²) in [6.07, 6.45) is 5.60. The zero-order valence-corrected chi connectivity index (χ0v) is 17.8. The summed E-state index contributed by atoms with van der Waals surface area (Å²) in [7, 11) is 3.40. The highest BCUT2D eigenvalue weighted by Gasteiger charge is 2.27. The number of nitrogens with zero attached hydrogens (tertiary/aromatic N) is 2. The Morgan fingerprint density at radius 3 is 2.27 bits per heavy atom. The number of nitrogens with one attached hydrogen (secondary N) is 1. The Morgan fingerprint density at radius 1 is 0.967 bits per heavy atom. The summed E-state index contributed by atoms with van der Waals surface area (Å²) in [5, 5.41) is 2.86. The summed E-state index contributed by atoms with van der Waals surface area (Å²) in [6.45, 7) is 0.340. The third-order valence-electron chi connectivity index (χ3n) is 5.44. The van der Waals surface area contributed by atoms with Crippen molar-refractivity contribution in [3.8, 4) is 5.75 Å². The fraction of sp³-hybridized carbons (Fsp3) is 0.417. The molecule has 0 heterocycles. The molecular weight excluding hydrogens is 378 g/mol. The summed E-state index contributed by atoms with van der Waals surface area (Å²) in [6, 6.07) is 17.3. The number of benzene rings is 2. The van der Waals surface area contributed by atoms with Crippen molar-refractivity contribution in [1.82, 2.24) is 4.90 Å². The fourth-order valence-electron chi connectivity index (χ4n) is 3.97. The van der Waals surface area contributed by atoms with Gasteiger partial charge in [0, 0.05) is 17.4 Å². The van der Waals surface area contributed by atoms with E-state index in [9.17, 15) is 9.59 Å². The highest BCUT2D eigenvalue weighted by molar-refractivity contribution is 5.96. The van der Waals surface area contributed by atoms with Crippen LogP contribution in [0.1, 0.15) is 32.1 Å². The molecule has 0 aliphatic heterocycles. The molecule has 0 bridgehead atoms. The van der Waals surface area contributed by atoms with Gasteiger partial charge >= 0.3 is 0 Å². The van der Waals surface area contributed by atoms with Gasteiger partial charge < -0.3 is 15.0 Å². The van der Waals surface area contributed by atoms with E-state index in [-0.39, 0.29) is 30.9 Å². The second-order valence-corrected chi connectivity index (χ2v) is 7.84. The van der Waals surface area contributed by atoms with Crippen molar-refractivity contribution < 1.29 is 14.3 Å². The molecule has 1 N–H and O–H groups in total. The Kier molecular flexibility index (Phi) is 7.85. The van der Waals surface area contributed by atoms with Crippen LogP contribution in [0.4, 0.5) is 11.4 Å². The maximum absolute atomic E-state index is 13.2. The molecule has 0 atom stereocenters. The summed E-state index contributed by atoms with van der Waals surface area (Å²) in [5.41, 5.74) is 1.64. The number of likely N-dealkylation sites (N-methyl/N-ethyl adjacent to an activating group) is 1. The lowest BCUT2D eigenvalue weighted by Crippen LogP contribution is -2.47. The molecule has 30 heavy (non-hydrogen) atoms. The monoisotopic (exact) mass is 409 g/mol. The second kappa shape index (κ2) is 10.8. The third-order valence-corrected chi connectivity index (χ3v) is 5.44. The smallest absolute Gasteiger partial charge is 0.241 e. The lowest BCUT2D eigenvalue weighted by atomic mass is 9.93. The van der Waals surface area contributed by atoms with Gasteiger partial charge in [-0.15, -0.1) is 0 Å². The number of hydrogen-bond acceptors (Lipinski definition) is 4. The van der Waals surface area contributed by atoms with Gasteiger partial charge in [-0.3, -0.25) is 14.5 Å². The van der Waals surface area contributed by atoms with Crippen molar-refractivity contribution in [2.75, 3.05) is 37.5 Å². The van der Waals surface area contributed by atoms with Crippen molar-refractivity contribution in [3.05, 3.63) is 54.6 Å². The van der Waals surface area contributed by atoms with Crippen LogP contribution in [-0.2, 0) is 9.59 Å². The number of hydrogen-bond donors (Lipinski definition) is 1. The molecule has 2 aromatic carbocycles. The number of carbonyl (C=O) groups excluding carboxylic acids is 2. The predicted octanol–water partition coefficient (Wildman–Crippen LogP) is 3.93. The van der Waals surface area contributed by atoms with Gasteiger partial charge in [0.2, 0.25) is 11.8 Å². The predicted molar refractivity (Wildman–Crippen MR) is 120 cm³/mol. The van der Waals surface area contributed by atoms with Gasteiger partial charge in [-0.1, -0.05) is 37.5 Å². The topological polar surface area (TPSA) is 61.9 Å². The first-order valence-corrected chi connectivity index (χ1v) is 10.6. The minimum absolute atomic E-state index is 0.0350. The van der Waals surface area contributed by atoms with E-state index in [1.165, 1.54) is 6.42 Å². The minimum atomic E-state index is -0.153. The molecule has 0 unspecified atom stereocenters. The van der Waals surface area contributed by atoms with Crippen LogP contribution in [0.5, 0.6) is 5.75 Å². The molecule has 0 spiro atoms. The average molecular weight is 410 g/mol. The standard InChI is InChI=1S/C24H31N3O3/c1-26(17-23(28)25-19-13-15-22(30-2)16-14-19)18-24(29)27(20-9-5-3-6-10-20)21-11-7-4-8-12-21/h3,5-6,9-10,13-16,21H,4,7-8,11-12,17-18H2,1-2H3,(H,25,28). The lowest BCUT2D eigenvalue weighted by Gasteiger charge is -2.35. The maximum Gasteiger partial charge on any atom is 0.241 e. The van der Waals surface area contributed by atoms with Gasteiger partial charge in [0.15, 0.2) is 0 Å². The van der Waals surface area contributed by atoms with Gasteiger partial charge in [-0.05, 0) is 56.3 Å². The number of ether oxygens (including phenoxy) is 1. The third kappa shape index (κ3) is 6.07. The first-order chi connectivity index (χ1) is 14.6. The number of carbonyl (C=O) groups is 2. The number of amides is 2. The van der Waals surface area contributed by atoms with E-state index in [2.05, 4.69) is 5.32 Å². The van der Waals surface area contributed by atoms with E-state index in [0.717, 1.165) is 37.1 Å². The number of para-hydroxylation sites is 1. The fourth-order valence-corrected chi connectivity index (χ4v) is 3.97. The van der Waals surface area contributed by atoms with Gasteiger partial charge in [0.05, 0.1) is 20.2 Å². The SMILES string of the molecule is COc1ccc(NC(=O)CN(C)CC(=O)N(c2ccccc2)C2CCCCC2)cc1. The Bertz CT molecular complexity index is 817. The molecule has 1 fully saturated rings. The van der Waals surface area contributed by atoms with Crippen molar-refractivity contribution in [3.63, 3.8) is 0 Å². The average Bonchev–Trinajstić information content (AvgIpc) is 2.75. The van der Waals surface area contributed by atoms with E-state index in [1.807, 2.05) is 35.2 Å². The lowest BCUT2D eigenvalue weighted by molar-refractivity contribution is -0.121. The Labute approximate surface area is 178 Å². The normalized spacial score (nSPS) is 14.4. The van der Waals surface area contributed by atoms with E-state index >= 15 is 0 Å². The molecule has 1 aliphatic carbocycles. The molecule has 0 radical (unpaired) electrons. The zero-order chi connectivity index (χ0) is 21.3. The number of rotatable bonds is 8. The Morgan fingerprint density at radius 2 is 1.63 bits per heavy atom. The minimum Gasteiger partial charge on any atom is -0.497 e. The Balaban J connectivity index is 1.59. The van der Waals surface area contributed by atoms with Crippen LogP contribution in [0.2, 0.25) is 0 Å². The van der Waals surface area contributed by atoms with E-state index < -0.39 is 0 Å². The van der Waals surface area contributed by atoms with Crippen molar-refractivity contribution in [1.29, 1.82) is 0 Å². The highest BCUT2D eigenvalue weighted by Crippen LogP contribution is 2.27. The first kappa shape index (κ1) is 21.8. The van der Waals surface area contributed by atoms with E-state index in [4.69, 9.17) is 4.74 Å². The molecule has 6 heteroatoms. The molecule has 3 rings (SSSR count). The number of anilines is 2. The van der Waals surface area contributed by atoms with Gasteiger partial charge in [-0.2, -0.15) is 0 Å². The summed E-state index contributed by atoms with van der Waals surface area (Å²) < 4.78 is 5.13. The van der Waals surface area contributed by atoms with Crippen LogP contribution in [0, 0.1) is 0 Å². The molecule has 2 aromatic rings. The van der Waals surface area contributed by atoms with Gasteiger partial charge in [0.1, 0.15) is 5.75 Å². The Hall–Kier alpha value is -2.86. The molecule has 2 amide bonds. The largest absolute Gasteiger partial charge is 0.497 e. The molecule has 0 saturated heterocycles. The van der Waals surface area contributed by atoms with Crippen LogP contribution in [0.15, 0.2) is 54.6 Å². The maximum atomic E-state index is 13.2. The van der Waals surface area contributed by atoms with Crippen LogP contribution >= 0.6 is 0 Å². The van der Waals surface area contributed by atoms with Gasteiger partial charge in [0.25, 0.3) is 0 Å². The van der Waals surface area contributed by atoms with Crippen molar-refractivity contribution >= 4 is 23.2 Å². The highest BCUT2D eigenvalue weighted by atomic mass is 16.5. The van der Waals surface area contributed by atoms with E-state index in [1.54, 1.807) is 43.3 Å². The summed E-state index contributed by atoms with van der Waals surface area (Å²) in [5.74, 6) is 0.617. The summed E-state index contributed by atoms with van der Waals surface area (Å²) >= 11 is 0. The van der Waals surface area contributed by atoms with Crippen LogP contribution in [-0.4, -0.2) is 50.0 Å². The summed E-state index contributed by atoms with van der Waals surface area (Å²) in [4.78, 5) is 29.3. The first-order valence-electron chi connectivity index (χ1n) is 10.6. The quantitative estimate of drug-likeness (QED) is 0.718.